The van der Waals surface area contributed by atoms with Crippen molar-refractivity contribution < 1.29 is 9.53 Å². The van der Waals surface area contributed by atoms with Crippen molar-refractivity contribution in [3.8, 4) is 11.4 Å². The number of hydrogen-bond donors (Lipinski definition) is 0. The highest BCUT2D eigenvalue weighted by Gasteiger charge is 2.25. The van der Waals surface area contributed by atoms with Crippen LogP contribution >= 0.6 is 11.3 Å². The molecule has 3 aromatic rings. The Kier molecular flexibility index (Phi) is 4.89. The molecule has 1 aliphatic rings. The van der Waals surface area contributed by atoms with E-state index in [1.165, 1.54) is 4.88 Å². The first kappa shape index (κ1) is 17.7. The minimum atomic E-state index is -0.243. The lowest BCUT2D eigenvalue weighted by molar-refractivity contribution is 0.105. The van der Waals surface area contributed by atoms with Crippen molar-refractivity contribution in [3.63, 3.8) is 0 Å². The van der Waals surface area contributed by atoms with E-state index in [-0.39, 0.29) is 6.09 Å². The van der Waals surface area contributed by atoms with Gasteiger partial charge in [-0.25, -0.2) is 14.8 Å². The molecule has 1 amide bonds. The van der Waals surface area contributed by atoms with Gasteiger partial charge in [0.1, 0.15) is 10.6 Å². The number of pyridine rings is 1. The second-order valence-corrected chi connectivity index (χ2v) is 7.60. The van der Waals surface area contributed by atoms with Gasteiger partial charge in [-0.15, -0.1) is 11.3 Å². The Morgan fingerprint density at radius 2 is 2.07 bits per heavy atom. The summed E-state index contributed by atoms with van der Waals surface area (Å²) in [6, 6.07) is 6.00. The molecule has 140 valence electrons. The lowest BCUT2D eigenvalue weighted by atomic mass is 10.2. The molecule has 1 fully saturated rings. The molecule has 8 heteroatoms. The van der Waals surface area contributed by atoms with E-state index in [0.717, 1.165) is 21.6 Å². The van der Waals surface area contributed by atoms with E-state index in [1.807, 2.05) is 19.1 Å². The summed E-state index contributed by atoms with van der Waals surface area (Å²) in [5.74, 6) is 1.60. The summed E-state index contributed by atoms with van der Waals surface area (Å²) >= 11 is 1.67. The molecule has 27 heavy (non-hydrogen) atoms. The van der Waals surface area contributed by atoms with Crippen LogP contribution in [0.4, 0.5) is 10.6 Å². The first-order chi connectivity index (χ1) is 13.2. The maximum absolute atomic E-state index is 12.0. The second-order valence-electron chi connectivity index (χ2n) is 6.36. The molecule has 0 aromatic carbocycles. The van der Waals surface area contributed by atoms with E-state index in [9.17, 15) is 4.79 Å². The minimum absolute atomic E-state index is 0.243. The van der Waals surface area contributed by atoms with Crippen LogP contribution in [0.25, 0.3) is 21.6 Å². The molecule has 4 rings (SSSR count). The van der Waals surface area contributed by atoms with E-state index in [4.69, 9.17) is 14.7 Å². The standard InChI is InChI=1S/C19H21N5O2S/c1-3-26-19(25)24-9-7-23(8-10-24)17-15-11-13(2)27-18(15)22-16(21-17)14-5-4-6-20-12-14/h4-6,11-12H,3,7-10H2,1-2H3. The fourth-order valence-corrected chi connectivity index (χ4v) is 4.08. The Bertz CT molecular complexity index is 951. The van der Waals surface area contributed by atoms with Crippen molar-refractivity contribution in [3.05, 3.63) is 35.5 Å². The maximum atomic E-state index is 12.0. The number of carbonyl (C=O) groups is 1. The van der Waals surface area contributed by atoms with Crippen molar-refractivity contribution in [1.82, 2.24) is 19.9 Å². The van der Waals surface area contributed by atoms with Gasteiger partial charge in [0, 0.05) is 49.0 Å². The summed E-state index contributed by atoms with van der Waals surface area (Å²) < 4.78 is 5.11. The van der Waals surface area contributed by atoms with Crippen LogP contribution in [0.3, 0.4) is 0 Å². The predicted octanol–water partition coefficient (Wildman–Crippen LogP) is 3.34. The number of amides is 1. The number of nitrogens with zero attached hydrogens (tertiary/aromatic N) is 5. The number of rotatable bonds is 3. The first-order valence-corrected chi connectivity index (χ1v) is 9.82. The van der Waals surface area contributed by atoms with Gasteiger partial charge < -0.3 is 14.5 Å². The topological polar surface area (TPSA) is 71.5 Å². The molecule has 0 atom stereocenters. The molecule has 0 unspecified atom stereocenters. The number of thiophene rings is 1. The van der Waals surface area contributed by atoms with Crippen LogP contribution in [-0.2, 0) is 4.74 Å². The van der Waals surface area contributed by atoms with Gasteiger partial charge in [-0.2, -0.15) is 0 Å². The van der Waals surface area contributed by atoms with Gasteiger partial charge in [0.2, 0.25) is 0 Å². The van der Waals surface area contributed by atoms with E-state index in [0.29, 0.717) is 38.6 Å². The van der Waals surface area contributed by atoms with Gasteiger partial charge in [-0.1, -0.05) is 0 Å². The fraction of sp³-hybridized carbons (Fsp3) is 0.368. The number of fused-ring (bicyclic) bond motifs is 1. The van der Waals surface area contributed by atoms with Crippen molar-refractivity contribution in [1.29, 1.82) is 0 Å². The van der Waals surface area contributed by atoms with Crippen LogP contribution < -0.4 is 4.90 Å². The lowest BCUT2D eigenvalue weighted by Gasteiger charge is -2.35. The number of hydrogen-bond acceptors (Lipinski definition) is 7. The quantitative estimate of drug-likeness (QED) is 0.691. The fourth-order valence-electron chi connectivity index (χ4n) is 3.21. The zero-order valence-electron chi connectivity index (χ0n) is 15.4. The summed E-state index contributed by atoms with van der Waals surface area (Å²) in [5, 5.41) is 1.06. The van der Waals surface area contributed by atoms with Crippen LogP contribution in [0.2, 0.25) is 0 Å². The SMILES string of the molecule is CCOC(=O)N1CCN(c2nc(-c3cccnc3)nc3sc(C)cc23)CC1. The number of aromatic nitrogens is 3. The van der Waals surface area contributed by atoms with Crippen LogP contribution in [0.15, 0.2) is 30.6 Å². The van der Waals surface area contributed by atoms with Gasteiger partial charge in [0.25, 0.3) is 0 Å². The summed E-state index contributed by atoms with van der Waals surface area (Å²) in [5.41, 5.74) is 0.900. The van der Waals surface area contributed by atoms with E-state index in [1.54, 1.807) is 28.6 Å². The number of anilines is 1. The van der Waals surface area contributed by atoms with Gasteiger partial charge in [0.05, 0.1) is 12.0 Å². The average Bonchev–Trinajstić information content (AvgIpc) is 3.08. The third kappa shape index (κ3) is 3.57. The molecule has 0 spiro atoms. The van der Waals surface area contributed by atoms with Crippen LogP contribution in [0.1, 0.15) is 11.8 Å². The molecule has 1 aliphatic heterocycles. The first-order valence-electron chi connectivity index (χ1n) is 9.01. The highest BCUT2D eigenvalue weighted by atomic mass is 32.1. The van der Waals surface area contributed by atoms with Crippen molar-refractivity contribution >= 4 is 33.5 Å². The molecule has 1 saturated heterocycles. The zero-order chi connectivity index (χ0) is 18.8. The Labute approximate surface area is 161 Å². The Balaban J connectivity index is 1.66. The van der Waals surface area contributed by atoms with Crippen LogP contribution in [0.5, 0.6) is 0 Å². The summed E-state index contributed by atoms with van der Waals surface area (Å²) in [6.07, 6.45) is 3.28. The second kappa shape index (κ2) is 7.48. The minimum Gasteiger partial charge on any atom is -0.450 e. The molecule has 3 aromatic heterocycles. The van der Waals surface area contributed by atoms with Gasteiger partial charge >= 0.3 is 6.09 Å². The van der Waals surface area contributed by atoms with E-state index < -0.39 is 0 Å². The van der Waals surface area contributed by atoms with E-state index in [2.05, 4.69) is 22.9 Å². The molecule has 0 bridgehead atoms. The number of aryl methyl sites for hydroxylation is 1. The molecule has 7 nitrogen and oxygen atoms in total. The molecular weight excluding hydrogens is 362 g/mol. The smallest absolute Gasteiger partial charge is 0.409 e. The highest BCUT2D eigenvalue weighted by Crippen LogP contribution is 2.33. The van der Waals surface area contributed by atoms with Crippen molar-refractivity contribution in [2.45, 2.75) is 13.8 Å². The van der Waals surface area contributed by atoms with Crippen molar-refractivity contribution in [2.24, 2.45) is 0 Å². The Hall–Kier alpha value is -2.74. The summed E-state index contributed by atoms with van der Waals surface area (Å²) in [7, 11) is 0. The Morgan fingerprint density at radius 1 is 1.26 bits per heavy atom. The third-order valence-electron chi connectivity index (χ3n) is 4.52. The van der Waals surface area contributed by atoms with Crippen molar-refractivity contribution in [2.75, 3.05) is 37.7 Å². The molecule has 4 heterocycles. The highest BCUT2D eigenvalue weighted by molar-refractivity contribution is 7.18. The lowest BCUT2D eigenvalue weighted by Crippen LogP contribution is -2.49. The van der Waals surface area contributed by atoms with Crippen LogP contribution in [-0.4, -0.2) is 58.7 Å². The largest absolute Gasteiger partial charge is 0.450 e. The molecule has 0 radical (unpaired) electrons. The Morgan fingerprint density at radius 3 is 2.78 bits per heavy atom. The number of carbonyl (C=O) groups excluding carboxylic acids is 1. The molecule has 0 saturated carbocycles. The van der Waals surface area contributed by atoms with Gasteiger partial charge in [-0.05, 0) is 32.0 Å². The summed E-state index contributed by atoms with van der Waals surface area (Å²) in [6.45, 7) is 6.97. The van der Waals surface area contributed by atoms with E-state index >= 15 is 0 Å². The number of piperazine rings is 1. The van der Waals surface area contributed by atoms with Crippen LogP contribution in [0, 0.1) is 6.92 Å². The normalized spacial score (nSPS) is 14.6. The maximum Gasteiger partial charge on any atom is 0.409 e. The molecule has 0 aliphatic carbocycles. The monoisotopic (exact) mass is 383 g/mol. The third-order valence-corrected chi connectivity index (χ3v) is 5.47. The number of ether oxygens (including phenoxy) is 1. The van der Waals surface area contributed by atoms with Gasteiger partial charge in [-0.3, -0.25) is 4.98 Å². The summed E-state index contributed by atoms with van der Waals surface area (Å²) in [4.78, 5) is 31.9. The van der Waals surface area contributed by atoms with Gasteiger partial charge in [0.15, 0.2) is 5.82 Å². The molecular formula is C19H21N5O2S. The average molecular weight is 383 g/mol. The zero-order valence-corrected chi connectivity index (χ0v) is 16.2. The predicted molar refractivity (Wildman–Crippen MR) is 106 cm³/mol. The molecule has 0 N–H and O–H groups in total.